The van der Waals surface area contributed by atoms with Crippen LogP contribution in [0.2, 0.25) is 0 Å². The van der Waals surface area contributed by atoms with Gasteiger partial charge in [0.15, 0.2) is 0 Å². The molecule has 1 aliphatic rings. The van der Waals surface area contributed by atoms with Crippen molar-refractivity contribution in [3.05, 3.63) is 41.2 Å². The van der Waals surface area contributed by atoms with E-state index in [0.717, 1.165) is 28.8 Å². The van der Waals surface area contributed by atoms with E-state index >= 15 is 0 Å². The Hall–Kier alpha value is -2.01. The Labute approximate surface area is 101 Å². The maximum Gasteiger partial charge on any atom is 0.114 e. The third kappa shape index (κ3) is 1.74. The van der Waals surface area contributed by atoms with Crippen molar-refractivity contribution in [2.24, 2.45) is 0 Å². The number of terminal acetylenes is 1. The van der Waals surface area contributed by atoms with E-state index in [1.807, 2.05) is 18.2 Å². The Morgan fingerprint density at radius 3 is 3.06 bits per heavy atom. The minimum atomic E-state index is 0.441. The van der Waals surface area contributed by atoms with Gasteiger partial charge < -0.3 is 4.98 Å². The number of allylic oxidation sites excluding steroid dienone is 2. The van der Waals surface area contributed by atoms with Gasteiger partial charge in [0.25, 0.3) is 0 Å². The van der Waals surface area contributed by atoms with Crippen LogP contribution in [0.5, 0.6) is 0 Å². The van der Waals surface area contributed by atoms with Gasteiger partial charge in [-0.1, -0.05) is 17.6 Å². The fourth-order valence-corrected chi connectivity index (χ4v) is 2.40. The first kappa shape index (κ1) is 10.2. The molecule has 1 aromatic carbocycles. The van der Waals surface area contributed by atoms with Gasteiger partial charge in [-0.2, -0.15) is 0 Å². The highest BCUT2D eigenvalue weighted by Crippen LogP contribution is 2.31. The van der Waals surface area contributed by atoms with E-state index in [0.29, 0.717) is 5.92 Å². The molecule has 0 aliphatic heterocycles. The lowest BCUT2D eigenvalue weighted by Crippen LogP contribution is -1.92. The summed E-state index contributed by atoms with van der Waals surface area (Å²) in [6.45, 7) is 2.18. The molecule has 0 saturated carbocycles. The number of nitrogens with zero attached hydrogens (tertiary/aromatic N) is 1. The van der Waals surface area contributed by atoms with E-state index in [4.69, 9.17) is 6.42 Å². The van der Waals surface area contributed by atoms with E-state index < -0.39 is 0 Å². The lowest BCUT2D eigenvalue weighted by atomic mass is 10.1. The highest BCUT2D eigenvalue weighted by Gasteiger charge is 2.18. The van der Waals surface area contributed by atoms with Crippen molar-refractivity contribution in [2.75, 3.05) is 0 Å². The highest BCUT2D eigenvalue weighted by atomic mass is 14.9. The van der Waals surface area contributed by atoms with Crippen molar-refractivity contribution in [3.63, 3.8) is 0 Å². The third-order valence-corrected chi connectivity index (χ3v) is 3.35. The zero-order valence-corrected chi connectivity index (χ0v) is 9.83. The smallest absolute Gasteiger partial charge is 0.114 e. The summed E-state index contributed by atoms with van der Waals surface area (Å²) in [5.74, 6) is 4.15. The molecule has 0 unspecified atom stereocenters. The molecule has 17 heavy (non-hydrogen) atoms. The number of aromatic amines is 1. The van der Waals surface area contributed by atoms with Crippen LogP contribution in [0.4, 0.5) is 0 Å². The first-order valence-corrected chi connectivity index (χ1v) is 5.90. The van der Waals surface area contributed by atoms with Gasteiger partial charge in [-0.15, -0.1) is 6.42 Å². The Balaban J connectivity index is 2.05. The van der Waals surface area contributed by atoms with Gasteiger partial charge in [-0.25, -0.2) is 4.98 Å². The van der Waals surface area contributed by atoms with Gasteiger partial charge in [0.1, 0.15) is 5.82 Å². The Morgan fingerprint density at radius 2 is 2.35 bits per heavy atom. The van der Waals surface area contributed by atoms with E-state index in [1.165, 1.54) is 12.0 Å². The SMILES string of the molecule is C#Cc1ccc2nc([C@@H]3C=C(C)CC3)[nH]c2c1. The number of H-pyrrole nitrogens is 1. The average Bonchev–Trinajstić information content (AvgIpc) is 2.93. The van der Waals surface area contributed by atoms with Crippen LogP contribution in [0, 0.1) is 12.3 Å². The fraction of sp³-hybridized carbons (Fsp3) is 0.267. The van der Waals surface area contributed by atoms with Gasteiger partial charge in [-0.3, -0.25) is 0 Å². The quantitative estimate of drug-likeness (QED) is 0.581. The topological polar surface area (TPSA) is 28.7 Å². The van der Waals surface area contributed by atoms with Crippen molar-refractivity contribution in [3.8, 4) is 12.3 Å². The van der Waals surface area contributed by atoms with Crippen LogP contribution in [0.1, 0.15) is 37.1 Å². The van der Waals surface area contributed by atoms with Crippen LogP contribution in [0.3, 0.4) is 0 Å². The van der Waals surface area contributed by atoms with Crippen molar-refractivity contribution < 1.29 is 0 Å². The second-order valence-electron chi connectivity index (χ2n) is 4.66. The Bertz CT molecular complexity index is 640. The summed E-state index contributed by atoms with van der Waals surface area (Å²) in [6, 6.07) is 5.90. The molecule has 1 aliphatic carbocycles. The van der Waals surface area contributed by atoms with Crippen LogP contribution in [0.25, 0.3) is 11.0 Å². The molecule has 2 aromatic rings. The number of imidazole rings is 1. The summed E-state index contributed by atoms with van der Waals surface area (Å²) in [4.78, 5) is 8.02. The molecule has 0 radical (unpaired) electrons. The molecule has 0 saturated heterocycles. The van der Waals surface area contributed by atoms with Crippen LogP contribution in [0.15, 0.2) is 29.8 Å². The maximum absolute atomic E-state index is 5.39. The van der Waals surface area contributed by atoms with E-state index in [1.54, 1.807) is 0 Å². The van der Waals surface area contributed by atoms with E-state index in [2.05, 4.69) is 28.9 Å². The number of rotatable bonds is 1. The molecule has 1 aromatic heterocycles. The maximum atomic E-state index is 5.39. The Kier molecular flexibility index (Phi) is 2.26. The summed E-state index contributed by atoms with van der Waals surface area (Å²) in [7, 11) is 0. The molecule has 3 rings (SSSR count). The summed E-state index contributed by atoms with van der Waals surface area (Å²) in [6.07, 6.45) is 10.0. The molecule has 0 amide bonds. The van der Waals surface area contributed by atoms with Gasteiger partial charge in [-0.05, 0) is 38.0 Å². The summed E-state index contributed by atoms with van der Waals surface area (Å²) in [5.41, 5.74) is 4.39. The number of fused-ring (bicyclic) bond motifs is 1. The lowest BCUT2D eigenvalue weighted by Gasteiger charge is -2.00. The van der Waals surface area contributed by atoms with Gasteiger partial charge in [0, 0.05) is 11.5 Å². The van der Waals surface area contributed by atoms with Gasteiger partial charge in [0.2, 0.25) is 0 Å². The number of nitrogens with one attached hydrogen (secondary N) is 1. The van der Waals surface area contributed by atoms with Crippen molar-refractivity contribution in [1.29, 1.82) is 0 Å². The predicted octanol–water partition coefficient (Wildman–Crippen LogP) is 3.37. The van der Waals surface area contributed by atoms with Crippen LogP contribution in [-0.2, 0) is 0 Å². The van der Waals surface area contributed by atoms with Gasteiger partial charge in [0.05, 0.1) is 11.0 Å². The first-order chi connectivity index (χ1) is 8.26. The fourth-order valence-electron chi connectivity index (χ4n) is 2.40. The summed E-state index contributed by atoms with van der Waals surface area (Å²) >= 11 is 0. The average molecular weight is 222 g/mol. The first-order valence-electron chi connectivity index (χ1n) is 5.90. The van der Waals surface area contributed by atoms with Crippen molar-refractivity contribution >= 4 is 11.0 Å². The molecule has 2 heteroatoms. The van der Waals surface area contributed by atoms with Crippen LogP contribution >= 0.6 is 0 Å². The summed E-state index contributed by atoms with van der Waals surface area (Å²) < 4.78 is 0. The molecule has 0 fully saturated rings. The number of aromatic nitrogens is 2. The zero-order valence-electron chi connectivity index (χ0n) is 9.83. The lowest BCUT2D eigenvalue weighted by molar-refractivity contribution is 0.751. The monoisotopic (exact) mass is 222 g/mol. The highest BCUT2D eigenvalue weighted by molar-refractivity contribution is 5.77. The standard InChI is InChI=1S/C15H14N2/c1-3-11-5-7-13-14(9-11)17-15(16-13)12-6-4-10(2)8-12/h1,5,7-9,12H,4,6H2,2H3,(H,16,17)/t12-/m0/s1. The Morgan fingerprint density at radius 1 is 1.47 bits per heavy atom. The molecule has 1 heterocycles. The molecule has 84 valence electrons. The predicted molar refractivity (Wildman–Crippen MR) is 69.8 cm³/mol. The number of hydrogen-bond donors (Lipinski definition) is 1. The van der Waals surface area contributed by atoms with Crippen molar-refractivity contribution in [1.82, 2.24) is 9.97 Å². The number of hydrogen-bond acceptors (Lipinski definition) is 1. The largest absolute Gasteiger partial charge is 0.341 e. The van der Waals surface area contributed by atoms with E-state index in [9.17, 15) is 0 Å². The molecule has 0 spiro atoms. The molecule has 1 atom stereocenters. The molecule has 2 nitrogen and oxygen atoms in total. The molecule has 1 N–H and O–H groups in total. The van der Waals surface area contributed by atoms with Crippen LogP contribution in [-0.4, -0.2) is 9.97 Å². The minimum absolute atomic E-state index is 0.441. The minimum Gasteiger partial charge on any atom is -0.341 e. The number of benzene rings is 1. The van der Waals surface area contributed by atoms with E-state index in [-0.39, 0.29) is 0 Å². The van der Waals surface area contributed by atoms with Gasteiger partial charge >= 0.3 is 0 Å². The second kappa shape index (κ2) is 3.78. The molecular weight excluding hydrogens is 208 g/mol. The second-order valence-corrected chi connectivity index (χ2v) is 4.66. The third-order valence-electron chi connectivity index (χ3n) is 3.35. The normalized spacial score (nSPS) is 19.3. The molecular formula is C15H14N2. The summed E-state index contributed by atoms with van der Waals surface area (Å²) in [5, 5.41) is 0. The van der Waals surface area contributed by atoms with Crippen molar-refractivity contribution in [2.45, 2.75) is 25.7 Å². The molecule has 0 bridgehead atoms. The van der Waals surface area contributed by atoms with Crippen LogP contribution < -0.4 is 0 Å². The zero-order chi connectivity index (χ0) is 11.8.